The molecule has 0 atom stereocenters. The van der Waals surface area contributed by atoms with Crippen LogP contribution in [0.2, 0.25) is 0 Å². The van der Waals surface area contributed by atoms with Gasteiger partial charge in [-0.05, 0) is 23.8 Å². The molecule has 3 N–H and O–H groups in total. The molecule has 0 aliphatic rings. The molecule has 2 rings (SSSR count). The number of anilines is 1. The second-order valence-electron chi connectivity index (χ2n) is 4.45. The highest BCUT2D eigenvalue weighted by molar-refractivity contribution is 5.97. The summed E-state index contributed by atoms with van der Waals surface area (Å²) in [6.07, 6.45) is 0. The molecule has 0 bridgehead atoms. The summed E-state index contributed by atoms with van der Waals surface area (Å²) >= 11 is 0. The highest BCUT2D eigenvalue weighted by atomic mass is 16.5. The highest BCUT2D eigenvalue weighted by Crippen LogP contribution is 2.24. The molecule has 0 fully saturated rings. The maximum Gasteiger partial charge on any atom is 0.255 e. The number of benzene rings is 2. The largest absolute Gasteiger partial charge is 0.497 e. The molecule has 110 valence electrons. The van der Waals surface area contributed by atoms with Gasteiger partial charge in [0.15, 0.2) is 0 Å². The Labute approximate surface area is 123 Å². The summed E-state index contributed by atoms with van der Waals surface area (Å²) in [5, 5.41) is 2.83. The zero-order valence-electron chi connectivity index (χ0n) is 12.1. The molecule has 5 heteroatoms. The fraction of sp³-hybridized carbons (Fsp3) is 0.188. The van der Waals surface area contributed by atoms with Crippen molar-refractivity contribution in [2.45, 2.75) is 6.54 Å². The molecule has 0 aliphatic carbocycles. The molecule has 0 aromatic heterocycles. The van der Waals surface area contributed by atoms with E-state index in [0.29, 0.717) is 29.3 Å². The van der Waals surface area contributed by atoms with E-state index >= 15 is 0 Å². The topological polar surface area (TPSA) is 73.6 Å². The van der Waals surface area contributed by atoms with E-state index in [-0.39, 0.29) is 5.91 Å². The second-order valence-corrected chi connectivity index (χ2v) is 4.45. The molecule has 0 aliphatic heterocycles. The fourth-order valence-electron chi connectivity index (χ4n) is 1.95. The van der Waals surface area contributed by atoms with E-state index < -0.39 is 0 Å². The van der Waals surface area contributed by atoms with Gasteiger partial charge in [-0.3, -0.25) is 4.79 Å². The summed E-state index contributed by atoms with van der Waals surface area (Å²) in [6.45, 7) is 0.362. The number of para-hydroxylation sites is 1. The van der Waals surface area contributed by atoms with Crippen molar-refractivity contribution in [3.8, 4) is 11.5 Å². The van der Waals surface area contributed by atoms with E-state index in [1.54, 1.807) is 31.4 Å². The van der Waals surface area contributed by atoms with Crippen LogP contribution in [-0.4, -0.2) is 20.1 Å². The minimum absolute atomic E-state index is 0.224. The number of hydrogen-bond donors (Lipinski definition) is 2. The molecule has 2 aromatic rings. The Kier molecular flexibility index (Phi) is 4.66. The summed E-state index contributed by atoms with van der Waals surface area (Å²) < 4.78 is 10.3. The van der Waals surface area contributed by atoms with E-state index in [2.05, 4.69) is 5.32 Å². The Balaban J connectivity index is 2.12. The number of ether oxygens (including phenoxy) is 2. The molecule has 0 heterocycles. The van der Waals surface area contributed by atoms with E-state index in [1.165, 1.54) is 7.11 Å². The zero-order chi connectivity index (χ0) is 15.2. The highest BCUT2D eigenvalue weighted by Gasteiger charge is 2.13. The molecule has 0 saturated carbocycles. The molecule has 1 amide bonds. The Bertz CT molecular complexity index is 641. The summed E-state index contributed by atoms with van der Waals surface area (Å²) in [5.74, 6) is 0.876. The first kappa shape index (κ1) is 14.7. The molecule has 21 heavy (non-hydrogen) atoms. The minimum Gasteiger partial charge on any atom is -0.497 e. The van der Waals surface area contributed by atoms with Crippen molar-refractivity contribution in [1.82, 2.24) is 5.32 Å². The maximum atomic E-state index is 12.2. The molecule has 0 radical (unpaired) electrons. The van der Waals surface area contributed by atoms with Gasteiger partial charge in [0.05, 0.1) is 19.8 Å². The van der Waals surface area contributed by atoms with Crippen molar-refractivity contribution >= 4 is 11.6 Å². The van der Waals surface area contributed by atoms with Crippen LogP contribution in [0.25, 0.3) is 0 Å². The maximum absolute atomic E-state index is 12.2. The second kappa shape index (κ2) is 6.65. The lowest BCUT2D eigenvalue weighted by molar-refractivity contribution is 0.0948. The van der Waals surface area contributed by atoms with Crippen LogP contribution >= 0.6 is 0 Å². The lowest BCUT2D eigenvalue weighted by atomic mass is 10.1. The van der Waals surface area contributed by atoms with Gasteiger partial charge in [0.2, 0.25) is 0 Å². The minimum atomic E-state index is -0.224. The number of nitrogens with one attached hydrogen (secondary N) is 1. The van der Waals surface area contributed by atoms with Gasteiger partial charge in [0, 0.05) is 18.3 Å². The number of carbonyl (C=O) groups excluding carboxylic acids is 1. The van der Waals surface area contributed by atoms with Crippen LogP contribution < -0.4 is 20.5 Å². The number of rotatable bonds is 5. The van der Waals surface area contributed by atoms with Crippen LogP contribution in [0.5, 0.6) is 11.5 Å². The molecule has 0 saturated heterocycles. The number of methoxy groups -OCH3 is 2. The zero-order valence-corrected chi connectivity index (χ0v) is 12.1. The summed E-state index contributed by atoms with van der Waals surface area (Å²) in [6, 6.07) is 12.5. The normalized spacial score (nSPS) is 10.0. The molecule has 5 nitrogen and oxygen atoms in total. The van der Waals surface area contributed by atoms with E-state index in [9.17, 15) is 4.79 Å². The van der Waals surface area contributed by atoms with E-state index in [1.807, 2.05) is 18.2 Å². The third-order valence-electron chi connectivity index (χ3n) is 3.15. The van der Waals surface area contributed by atoms with Crippen molar-refractivity contribution in [2.24, 2.45) is 0 Å². The van der Waals surface area contributed by atoms with Gasteiger partial charge in [0.25, 0.3) is 5.91 Å². The third kappa shape index (κ3) is 3.45. The lowest BCUT2D eigenvalue weighted by Crippen LogP contribution is -2.23. The SMILES string of the molecule is COc1ccc(C(=O)NCc2ccccc2N)c(OC)c1. The summed E-state index contributed by atoms with van der Waals surface area (Å²) in [7, 11) is 3.08. The van der Waals surface area contributed by atoms with Gasteiger partial charge >= 0.3 is 0 Å². The standard InChI is InChI=1S/C16H18N2O3/c1-20-12-7-8-13(15(9-12)21-2)16(19)18-10-11-5-3-4-6-14(11)17/h3-9H,10,17H2,1-2H3,(H,18,19). The summed E-state index contributed by atoms with van der Waals surface area (Å²) in [4.78, 5) is 12.2. The Morgan fingerprint density at radius 1 is 1.14 bits per heavy atom. The first-order valence-corrected chi connectivity index (χ1v) is 6.49. The number of amides is 1. The van der Waals surface area contributed by atoms with Gasteiger partial charge in [-0.2, -0.15) is 0 Å². The fourth-order valence-corrected chi connectivity index (χ4v) is 1.95. The van der Waals surface area contributed by atoms with Crippen LogP contribution in [0.1, 0.15) is 15.9 Å². The monoisotopic (exact) mass is 286 g/mol. The quantitative estimate of drug-likeness (QED) is 0.827. The van der Waals surface area contributed by atoms with Gasteiger partial charge in [0.1, 0.15) is 11.5 Å². The van der Waals surface area contributed by atoms with Gasteiger partial charge < -0.3 is 20.5 Å². The third-order valence-corrected chi connectivity index (χ3v) is 3.15. The Morgan fingerprint density at radius 2 is 1.90 bits per heavy atom. The van der Waals surface area contributed by atoms with Crippen molar-refractivity contribution in [1.29, 1.82) is 0 Å². The molecule has 0 spiro atoms. The average molecular weight is 286 g/mol. The number of carbonyl (C=O) groups is 1. The van der Waals surface area contributed by atoms with Gasteiger partial charge in [-0.1, -0.05) is 18.2 Å². The predicted octanol–water partition coefficient (Wildman–Crippen LogP) is 2.22. The van der Waals surface area contributed by atoms with Crippen LogP contribution in [0.15, 0.2) is 42.5 Å². The number of nitrogens with two attached hydrogens (primary N) is 1. The van der Waals surface area contributed by atoms with Crippen LogP contribution in [0.3, 0.4) is 0 Å². The smallest absolute Gasteiger partial charge is 0.255 e. The van der Waals surface area contributed by atoms with Crippen molar-refractivity contribution < 1.29 is 14.3 Å². The van der Waals surface area contributed by atoms with Crippen LogP contribution in [-0.2, 0) is 6.54 Å². The van der Waals surface area contributed by atoms with E-state index in [4.69, 9.17) is 15.2 Å². The molecule has 2 aromatic carbocycles. The molecular formula is C16H18N2O3. The van der Waals surface area contributed by atoms with Gasteiger partial charge in [-0.15, -0.1) is 0 Å². The number of nitrogen functional groups attached to an aromatic ring is 1. The molecular weight excluding hydrogens is 268 g/mol. The van der Waals surface area contributed by atoms with Crippen LogP contribution in [0, 0.1) is 0 Å². The first-order chi connectivity index (χ1) is 10.2. The predicted molar refractivity (Wildman–Crippen MR) is 81.6 cm³/mol. The average Bonchev–Trinajstić information content (AvgIpc) is 2.53. The van der Waals surface area contributed by atoms with Crippen molar-refractivity contribution in [3.05, 3.63) is 53.6 Å². The summed E-state index contributed by atoms with van der Waals surface area (Å²) in [5.41, 5.74) is 7.82. The van der Waals surface area contributed by atoms with Crippen molar-refractivity contribution in [2.75, 3.05) is 20.0 Å². The first-order valence-electron chi connectivity index (χ1n) is 6.49. The van der Waals surface area contributed by atoms with Gasteiger partial charge in [-0.25, -0.2) is 0 Å². The Morgan fingerprint density at radius 3 is 2.57 bits per heavy atom. The van der Waals surface area contributed by atoms with Crippen LogP contribution in [0.4, 0.5) is 5.69 Å². The number of hydrogen-bond acceptors (Lipinski definition) is 4. The van der Waals surface area contributed by atoms with E-state index in [0.717, 1.165) is 5.56 Å². The Hall–Kier alpha value is -2.69. The molecule has 0 unspecified atom stereocenters. The lowest BCUT2D eigenvalue weighted by Gasteiger charge is -2.11. The van der Waals surface area contributed by atoms with Crippen molar-refractivity contribution in [3.63, 3.8) is 0 Å².